The first kappa shape index (κ1) is 25.2. The number of halogens is 1. The lowest BCUT2D eigenvalue weighted by Crippen LogP contribution is -2.20. The van der Waals surface area contributed by atoms with Crippen LogP contribution in [0, 0.1) is 18.7 Å². The summed E-state index contributed by atoms with van der Waals surface area (Å²) >= 11 is 1.27. The Balaban J connectivity index is 1.29. The molecule has 38 heavy (non-hydrogen) atoms. The first-order valence-corrected chi connectivity index (χ1v) is 12.7. The van der Waals surface area contributed by atoms with Crippen LogP contribution in [0.1, 0.15) is 27.2 Å². The maximum atomic E-state index is 15.0. The second-order valence-electron chi connectivity index (χ2n) is 8.85. The standard InChI is InChI=1S/C29H22FN3O4S/c1-17-5-8-19(9-6-17)28-32-27(33-37-28)21-10-7-18(15-22(21)30)14-20(29(35)36)16-24(34)26-12-11-25(38-26)23-4-2-3-13-31-23/h2-13,15,20H,14,16H2,1H3,(H,35,36). The van der Waals surface area contributed by atoms with Gasteiger partial charge in [0.2, 0.25) is 5.82 Å². The van der Waals surface area contributed by atoms with E-state index >= 15 is 4.39 Å². The highest BCUT2D eigenvalue weighted by Gasteiger charge is 2.24. The molecule has 0 bridgehead atoms. The molecule has 0 amide bonds. The number of thiophene rings is 1. The molecule has 0 fully saturated rings. The Morgan fingerprint density at radius 3 is 2.58 bits per heavy atom. The Morgan fingerprint density at radius 1 is 1.05 bits per heavy atom. The second-order valence-corrected chi connectivity index (χ2v) is 9.93. The van der Waals surface area contributed by atoms with E-state index in [4.69, 9.17) is 4.52 Å². The zero-order valence-corrected chi connectivity index (χ0v) is 21.1. The van der Waals surface area contributed by atoms with Crippen LogP contribution in [0.5, 0.6) is 0 Å². The molecule has 0 saturated carbocycles. The van der Waals surface area contributed by atoms with Crippen LogP contribution < -0.4 is 0 Å². The molecule has 0 radical (unpaired) electrons. The second kappa shape index (κ2) is 10.9. The van der Waals surface area contributed by atoms with Crippen LogP contribution in [0.4, 0.5) is 4.39 Å². The third-order valence-corrected chi connectivity index (χ3v) is 7.21. The fourth-order valence-corrected chi connectivity index (χ4v) is 4.93. The van der Waals surface area contributed by atoms with Crippen LogP contribution in [0.3, 0.4) is 0 Å². The van der Waals surface area contributed by atoms with Gasteiger partial charge in [-0.25, -0.2) is 4.39 Å². The molecule has 5 rings (SSSR count). The lowest BCUT2D eigenvalue weighted by Gasteiger charge is -2.12. The predicted molar refractivity (Wildman–Crippen MR) is 141 cm³/mol. The number of pyridine rings is 1. The maximum Gasteiger partial charge on any atom is 0.307 e. The predicted octanol–water partition coefficient (Wildman–Crippen LogP) is 6.49. The first-order valence-electron chi connectivity index (χ1n) is 11.8. The summed E-state index contributed by atoms with van der Waals surface area (Å²) in [6.07, 6.45) is 1.46. The molecule has 190 valence electrons. The van der Waals surface area contributed by atoms with Gasteiger partial charge in [0.15, 0.2) is 5.78 Å². The van der Waals surface area contributed by atoms with Gasteiger partial charge in [0, 0.05) is 18.2 Å². The van der Waals surface area contributed by atoms with E-state index in [1.165, 1.54) is 23.5 Å². The number of carboxylic acids is 1. The van der Waals surface area contributed by atoms with Gasteiger partial charge in [0.05, 0.1) is 26.9 Å². The summed E-state index contributed by atoms with van der Waals surface area (Å²) in [5.74, 6) is -2.65. The topological polar surface area (TPSA) is 106 Å². The molecule has 9 heteroatoms. The van der Waals surface area contributed by atoms with Crippen LogP contribution >= 0.6 is 11.3 Å². The fraction of sp³-hybridized carbons (Fsp3) is 0.138. The lowest BCUT2D eigenvalue weighted by molar-refractivity contribution is -0.141. The number of carbonyl (C=O) groups is 2. The highest BCUT2D eigenvalue weighted by Crippen LogP contribution is 2.29. The van der Waals surface area contributed by atoms with Crippen molar-refractivity contribution in [3.05, 3.63) is 101 Å². The SMILES string of the molecule is Cc1ccc(-c2nc(-c3ccc(CC(CC(=O)c4ccc(-c5ccccn5)s4)C(=O)O)cc3F)no2)cc1. The molecule has 3 heterocycles. The zero-order chi connectivity index (χ0) is 26.6. The maximum absolute atomic E-state index is 15.0. The molecular weight excluding hydrogens is 505 g/mol. The summed E-state index contributed by atoms with van der Waals surface area (Å²) in [6.45, 7) is 1.96. The van der Waals surface area contributed by atoms with Gasteiger partial charge >= 0.3 is 5.97 Å². The first-order chi connectivity index (χ1) is 18.4. The minimum Gasteiger partial charge on any atom is -0.481 e. The number of rotatable bonds is 9. The van der Waals surface area contributed by atoms with Crippen molar-refractivity contribution < 1.29 is 23.6 Å². The number of hydrogen-bond donors (Lipinski definition) is 1. The molecule has 1 unspecified atom stereocenters. The summed E-state index contributed by atoms with van der Waals surface area (Å²) in [7, 11) is 0. The number of Topliss-reactive ketones (excluding diaryl/α,β-unsaturated/α-hetero) is 1. The summed E-state index contributed by atoms with van der Waals surface area (Å²) < 4.78 is 20.3. The number of aromatic nitrogens is 3. The van der Waals surface area contributed by atoms with Crippen LogP contribution in [0.2, 0.25) is 0 Å². The average molecular weight is 528 g/mol. The van der Waals surface area contributed by atoms with Crippen molar-refractivity contribution in [3.8, 4) is 33.4 Å². The van der Waals surface area contributed by atoms with E-state index in [9.17, 15) is 14.7 Å². The van der Waals surface area contributed by atoms with Crippen LogP contribution in [0.15, 0.2) is 83.5 Å². The van der Waals surface area contributed by atoms with Crippen molar-refractivity contribution >= 4 is 23.1 Å². The van der Waals surface area contributed by atoms with Gasteiger partial charge in [-0.1, -0.05) is 35.0 Å². The lowest BCUT2D eigenvalue weighted by atomic mass is 9.93. The number of ketones is 1. The van der Waals surface area contributed by atoms with Gasteiger partial charge in [-0.05, 0) is 67.4 Å². The summed E-state index contributed by atoms with van der Waals surface area (Å²) in [6, 6.07) is 20.9. The van der Waals surface area contributed by atoms with E-state index in [1.54, 1.807) is 30.5 Å². The van der Waals surface area contributed by atoms with Gasteiger partial charge in [-0.15, -0.1) is 11.3 Å². The number of hydrogen-bond acceptors (Lipinski definition) is 7. The number of carboxylic acid groups (broad SMARTS) is 1. The molecule has 2 aromatic carbocycles. The highest BCUT2D eigenvalue weighted by molar-refractivity contribution is 7.17. The van der Waals surface area contributed by atoms with Crippen molar-refractivity contribution in [2.75, 3.05) is 0 Å². The zero-order valence-electron chi connectivity index (χ0n) is 20.3. The Kier molecular flexibility index (Phi) is 7.19. The Hall–Kier alpha value is -4.50. The van der Waals surface area contributed by atoms with E-state index in [0.717, 1.165) is 21.7 Å². The van der Waals surface area contributed by atoms with E-state index in [2.05, 4.69) is 15.1 Å². The van der Waals surface area contributed by atoms with E-state index in [1.807, 2.05) is 43.3 Å². The molecular formula is C29H22FN3O4S. The van der Waals surface area contributed by atoms with Crippen molar-refractivity contribution in [1.29, 1.82) is 0 Å². The number of benzene rings is 2. The summed E-state index contributed by atoms with van der Waals surface area (Å²) in [5, 5.41) is 13.7. The minimum atomic E-state index is -1.12. The van der Waals surface area contributed by atoms with Gasteiger partial charge in [0.1, 0.15) is 5.82 Å². The van der Waals surface area contributed by atoms with Crippen LogP contribution in [0.25, 0.3) is 33.4 Å². The number of aliphatic carboxylic acids is 1. The highest BCUT2D eigenvalue weighted by atomic mass is 32.1. The molecule has 0 aliphatic carbocycles. The molecule has 1 atom stereocenters. The quantitative estimate of drug-likeness (QED) is 0.218. The van der Waals surface area contributed by atoms with Gasteiger partial charge in [-0.3, -0.25) is 14.6 Å². The molecule has 0 saturated heterocycles. The number of aryl methyl sites for hydroxylation is 1. The monoisotopic (exact) mass is 527 g/mol. The molecule has 0 spiro atoms. The number of nitrogens with zero attached hydrogens (tertiary/aromatic N) is 3. The Morgan fingerprint density at radius 2 is 1.87 bits per heavy atom. The smallest absolute Gasteiger partial charge is 0.307 e. The molecule has 0 aliphatic rings. The van der Waals surface area contributed by atoms with E-state index in [-0.39, 0.29) is 35.9 Å². The average Bonchev–Trinajstić information content (AvgIpc) is 3.60. The van der Waals surface area contributed by atoms with Crippen LogP contribution in [-0.4, -0.2) is 32.0 Å². The molecule has 5 aromatic rings. The van der Waals surface area contributed by atoms with Crippen molar-refractivity contribution in [2.24, 2.45) is 5.92 Å². The van der Waals surface area contributed by atoms with Gasteiger partial charge < -0.3 is 9.63 Å². The van der Waals surface area contributed by atoms with Gasteiger partial charge in [0.25, 0.3) is 5.89 Å². The third kappa shape index (κ3) is 5.57. The molecule has 1 N–H and O–H groups in total. The number of carbonyl (C=O) groups excluding carboxylic acids is 1. The summed E-state index contributed by atoms with van der Waals surface area (Å²) in [4.78, 5) is 34.7. The third-order valence-electron chi connectivity index (χ3n) is 6.06. The van der Waals surface area contributed by atoms with Crippen molar-refractivity contribution in [1.82, 2.24) is 15.1 Å². The summed E-state index contributed by atoms with van der Waals surface area (Å²) in [5.41, 5.74) is 3.14. The largest absolute Gasteiger partial charge is 0.481 e. The molecule has 0 aliphatic heterocycles. The molecule has 3 aromatic heterocycles. The van der Waals surface area contributed by atoms with Crippen molar-refractivity contribution in [3.63, 3.8) is 0 Å². The fourth-order valence-electron chi connectivity index (χ4n) is 4.00. The Labute approximate surface area is 221 Å². The van der Waals surface area contributed by atoms with Crippen molar-refractivity contribution in [2.45, 2.75) is 19.8 Å². The molecule has 7 nitrogen and oxygen atoms in total. The van der Waals surface area contributed by atoms with Crippen LogP contribution in [-0.2, 0) is 11.2 Å². The van der Waals surface area contributed by atoms with Gasteiger partial charge in [-0.2, -0.15) is 4.98 Å². The van der Waals surface area contributed by atoms with E-state index in [0.29, 0.717) is 10.4 Å². The minimum absolute atomic E-state index is 0.00237. The van der Waals surface area contributed by atoms with E-state index < -0.39 is 17.7 Å². The normalized spacial score (nSPS) is 11.8. The Bertz CT molecular complexity index is 1600.